The van der Waals surface area contributed by atoms with Gasteiger partial charge in [0, 0.05) is 24.6 Å². The summed E-state index contributed by atoms with van der Waals surface area (Å²) in [6, 6.07) is 13.5. The van der Waals surface area contributed by atoms with E-state index in [-0.39, 0.29) is 12.1 Å². The van der Waals surface area contributed by atoms with Crippen LogP contribution < -0.4 is 15.5 Å². The zero-order valence-corrected chi connectivity index (χ0v) is 16.0. The minimum absolute atomic E-state index is 0.0755. The number of rotatable bonds is 5. The van der Waals surface area contributed by atoms with Crippen molar-refractivity contribution in [3.8, 4) is 0 Å². The lowest BCUT2D eigenvalue weighted by Gasteiger charge is -2.45. The highest BCUT2D eigenvalue weighted by Crippen LogP contribution is 2.23. The second kappa shape index (κ2) is 8.17. The summed E-state index contributed by atoms with van der Waals surface area (Å²) in [7, 11) is 0. The zero-order chi connectivity index (χ0) is 18.6. The molecule has 0 spiro atoms. The van der Waals surface area contributed by atoms with Gasteiger partial charge in [-0.05, 0) is 49.4 Å². The number of benzene rings is 1. The molecule has 4 rings (SSSR count). The number of quaternary nitrogens is 1. The number of amides is 2. The largest absolute Gasteiger partial charge is 0.463 e. The molecule has 2 unspecified atom stereocenters. The average molecular weight is 369 g/mol. The Labute approximate surface area is 161 Å². The molecular weight excluding hydrogens is 338 g/mol. The smallest absolute Gasteiger partial charge is 0.319 e. The van der Waals surface area contributed by atoms with Gasteiger partial charge in [-0.2, -0.15) is 0 Å². The Morgan fingerprint density at radius 2 is 1.93 bits per heavy atom. The first-order valence-electron chi connectivity index (χ1n) is 10.3. The van der Waals surface area contributed by atoms with E-state index in [9.17, 15) is 4.79 Å². The third-order valence-electron chi connectivity index (χ3n) is 6.23. The molecule has 4 atom stereocenters. The second-order valence-electron chi connectivity index (χ2n) is 7.93. The predicted molar refractivity (Wildman–Crippen MR) is 106 cm³/mol. The van der Waals surface area contributed by atoms with Gasteiger partial charge < -0.3 is 20.0 Å². The van der Waals surface area contributed by atoms with Crippen molar-refractivity contribution in [3.05, 3.63) is 54.0 Å². The maximum atomic E-state index is 12.6. The molecule has 3 N–H and O–H groups in total. The van der Waals surface area contributed by atoms with E-state index in [1.165, 1.54) is 24.8 Å². The van der Waals surface area contributed by atoms with Crippen molar-refractivity contribution in [3.63, 3.8) is 0 Å². The summed E-state index contributed by atoms with van der Waals surface area (Å²) in [5.41, 5.74) is 2.08. The molecule has 2 aromatic rings. The van der Waals surface area contributed by atoms with Crippen molar-refractivity contribution in [2.45, 2.75) is 70.1 Å². The number of urea groups is 1. The van der Waals surface area contributed by atoms with Crippen LogP contribution in [0.2, 0.25) is 0 Å². The fourth-order valence-electron chi connectivity index (χ4n) is 4.95. The molecule has 5 nitrogen and oxygen atoms in total. The van der Waals surface area contributed by atoms with Crippen LogP contribution in [-0.2, 0) is 13.0 Å². The average Bonchev–Trinajstić information content (AvgIpc) is 3.16. The lowest BCUT2D eigenvalue weighted by atomic mass is 9.81. The summed E-state index contributed by atoms with van der Waals surface area (Å²) in [4.78, 5) is 14.2. The van der Waals surface area contributed by atoms with Crippen molar-refractivity contribution in [1.82, 2.24) is 5.32 Å². The lowest BCUT2D eigenvalue weighted by Crippen LogP contribution is -3.20. The van der Waals surface area contributed by atoms with E-state index in [1.54, 1.807) is 11.2 Å². The van der Waals surface area contributed by atoms with Crippen molar-refractivity contribution >= 4 is 11.7 Å². The number of furan rings is 1. The third-order valence-corrected chi connectivity index (χ3v) is 6.23. The van der Waals surface area contributed by atoms with Crippen LogP contribution in [0.5, 0.6) is 0 Å². The molecule has 3 heterocycles. The van der Waals surface area contributed by atoms with Crippen LogP contribution in [0, 0.1) is 0 Å². The molecule has 5 heteroatoms. The van der Waals surface area contributed by atoms with E-state index in [4.69, 9.17) is 4.42 Å². The Morgan fingerprint density at radius 1 is 1.15 bits per heavy atom. The van der Waals surface area contributed by atoms with Gasteiger partial charge in [0.05, 0.1) is 18.3 Å². The van der Waals surface area contributed by atoms with E-state index in [0.717, 1.165) is 37.3 Å². The summed E-state index contributed by atoms with van der Waals surface area (Å²) in [6.45, 7) is 3.07. The van der Waals surface area contributed by atoms with Gasteiger partial charge in [-0.25, -0.2) is 4.79 Å². The molecular formula is C22H30N3O2+. The molecule has 2 aliphatic rings. The van der Waals surface area contributed by atoms with E-state index >= 15 is 0 Å². The Hall–Kier alpha value is -2.27. The van der Waals surface area contributed by atoms with Crippen LogP contribution in [-0.4, -0.2) is 24.2 Å². The number of para-hydroxylation sites is 1. The molecule has 1 aromatic heterocycles. The molecule has 2 amide bonds. The number of hydrogen-bond donors (Lipinski definition) is 3. The molecule has 27 heavy (non-hydrogen) atoms. The first-order valence-corrected chi connectivity index (χ1v) is 10.3. The summed E-state index contributed by atoms with van der Waals surface area (Å²) in [5.74, 6) is 1.07. The zero-order valence-electron chi connectivity index (χ0n) is 16.0. The van der Waals surface area contributed by atoms with Crippen LogP contribution in [0.4, 0.5) is 10.5 Å². The van der Waals surface area contributed by atoms with Gasteiger partial charge in [0.15, 0.2) is 5.76 Å². The van der Waals surface area contributed by atoms with Crippen molar-refractivity contribution in [1.29, 1.82) is 0 Å². The molecule has 1 aromatic carbocycles. The summed E-state index contributed by atoms with van der Waals surface area (Å²) < 4.78 is 5.58. The number of carbonyl (C=O) groups is 1. The summed E-state index contributed by atoms with van der Waals surface area (Å²) in [6.07, 6.45) is 8.56. The Balaban J connectivity index is 1.36. The van der Waals surface area contributed by atoms with Gasteiger partial charge in [0.25, 0.3) is 0 Å². The molecule has 2 bridgehead atoms. The number of aryl methyl sites for hydroxylation is 1. The first-order chi connectivity index (χ1) is 13.2. The molecule has 144 valence electrons. The molecule has 2 fully saturated rings. The normalized spacial score (nSPS) is 27.1. The lowest BCUT2D eigenvalue weighted by molar-refractivity contribution is -0.974. The number of piperidine rings is 2. The van der Waals surface area contributed by atoms with Crippen LogP contribution in [0.15, 0.2) is 47.1 Å². The van der Waals surface area contributed by atoms with Crippen molar-refractivity contribution in [2.75, 3.05) is 5.32 Å². The van der Waals surface area contributed by atoms with Gasteiger partial charge in [-0.3, -0.25) is 0 Å². The maximum Gasteiger partial charge on any atom is 0.319 e. The van der Waals surface area contributed by atoms with Crippen molar-refractivity contribution < 1.29 is 14.1 Å². The minimum atomic E-state index is -0.0755. The topological polar surface area (TPSA) is 58.7 Å². The van der Waals surface area contributed by atoms with Crippen LogP contribution in [0.3, 0.4) is 0 Å². The Morgan fingerprint density at radius 3 is 2.63 bits per heavy atom. The highest BCUT2D eigenvalue weighted by Gasteiger charge is 2.42. The number of hydrogen-bond acceptors (Lipinski definition) is 2. The standard InChI is InChI=1S/C22H29N3O2/c1-2-16-7-3-4-11-21(16)24-22(26)23-17-13-18-8-5-9-19(14-17)25(18)15-20-10-6-12-27-20/h3-4,6-7,10-12,17-19H,2,5,8-9,13-15H2,1H3,(H2,23,24,26)/p+1/t17?,18-,19+. The fraction of sp³-hybridized carbons (Fsp3) is 0.500. The van der Waals surface area contributed by atoms with E-state index in [0.29, 0.717) is 12.1 Å². The molecule has 2 saturated heterocycles. The van der Waals surface area contributed by atoms with Gasteiger partial charge in [0.1, 0.15) is 6.54 Å². The number of anilines is 1. The van der Waals surface area contributed by atoms with Crippen molar-refractivity contribution in [2.24, 2.45) is 0 Å². The SMILES string of the molecule is CCc1ccccc1NC(=O)NC1C[C@H]2CCC[C@@H](C1)[NH+]2Cc1ccco1. The van der Waals surface area contributed by atoms with Gasteiger partial charge in [-0.1, -0.05) is 25.1 Å². The summed E-state index contributed by atoms with van der Waals surface area (Å²) >= 11 is 0. The first kappa shape index (κ1) is 18.1. The third kappa shape index (κ3) is 4.19. The van der Waals surface area contributed by atoms with Gasteiger partial charge in [-0.15, -0.1) is 0 Å². The monoisotopic (exact) mass is 368 g/mol. The quantitative estimate of drug-likeness (QED) is 0.759. The highest BCUT2D eigenvalue weighted by atomic mass is 16.3. The fourth-order valence-corrected chi connectivity index (χ4v) is 4.95. The minimum Gasteiger partial charge on any atom is -0.463 e. The van der Waals surface area contributed by atoms with Gasteiger partial charge in [0.2, 0.25) is 0 Å². The second-order valence-corrected chi connectivity index (χ2v) is 7.93. The molecule has 0 aliphatic carbocycles. The molecule has 2 aliphatic heterocycles. The highest BCUT2D eigenvalue weighted by molar-refractivity contribution is 5.90. The van der Waals surface area contributed by atoms with Crippen LogP contribution >= 0.6 is 0 Å². The van der Waals surface area contributed by atoms with E-state index in [2.05, 4.69) is 29.7 Å². The van der Waals surface area contributed by atoms with E-state index < -0.39 is 0 Å². The number of nitrogens with one attached hydrogen (secondary N) is 3. The number of fused-ring (bicyclic) bond motifs is 2. The molecule has 0 saturated carbocycles. The molecule has 0 radical (unpaired) electrons. The Bertz CT molecular complexity index is 745. The summed E-state index contributed by atoms with van der Waals surface area (Å²) in [5, 5.41) is 6.29. The maximum absolute atomic E-state index is 12.6. The van der Waals surface area contributed by atoms with Crippen LogP contribution in [0.1, 0.15) is 50.4 Å². The Kier molecular flexibility index (Phi) is 5.48. The predicted octanol–water partition coefficient (Wildman–Crippen LogP) is 3.13. The van der Waals surface area contributed by atoms with E-state index in [1.807, 2.05) is 24.3 Å². The number of carbonyl (C=O) groups excluding carboxylic acids is 1. The van der Waals surface area contributed by atoms with Gasteiger partial charge >= 0.3 is 6.03 Å². The van der Waals surface area contributed by atoms with Crippen LogP contribution in [0.25, 0.3) is 0 Å².